The Kier molecular flexibility index (Phi) is 2.03. The monoisotopic (exact) mass is 283 g/mol. The highest BCUT2D eigenvalue weighted by Gasteiger charge is 2.14. The molecule has 4 rings (SSSR count). The van der Waals surface area contributed by atoms with Gasteiger partial charge in [0.25, 0.3) is 0 Å². The molecule has 0 fully saturated rings. The van der Waals surface area contributed by atoms with Crippen LogP contribution in [0.1, 0.15) is 0 Å². The summed E-state index contributed by atoms with van der Waals surface area (Å²) in [7, 11) is 0. The molecule has 4 aromatic heterocycles. The van der Waals surface area contributed by atoms with Crippen molar-refractivity contribution in [2.75, 3.05) is 17.2 Å². The molecular formula is C10H9N11. The number of hydrogen-bond acceptors (Lipinski definition) is 9. The maximum absolute atomic E-state index is 5.78. The molecule has 6 N–H and O–H groups in total. The van der Waals surface area contributed by atoms with E-state index in [4.69, 9.17) is 17.2 Å². The Balaban J connectivity index is 2.07. The SMILES string of the molecule is Nc1nc(N)c2ncn(-n3cnc4c(N)ncnc43)c2n1. The fraction of sp³-hybridized carbons (Fsp3) is 0. The number of nitrogens with zero attached hydrogens (tertiary/aromatic N) is 8. The molecule has 4 heterocycles. The highest BCUT2D eigenvalue weighted by Crippen LogP contribution is 2.20. The normalized spacial score (nSPS) is 11.4. The molecule has 0 aliphatic heterocycles. The van der Waals surface area contributed by atoms with Gasteiger partial charge in [-0.25, -0.2) is 29.3 Å². The number of rotatable bonds is 1. The molecule has 0 aromatic carbocycles. The highest BCUT2D eigenvalue weighted by molar-refractivity contribution is 5.84. The maximum Gasteiger partial charge on any atom is 0.224 e. The van der Waals surface area contributed by atoms with Gasteiger partial charge in [0.1, 0.15) is 19.0 Å². The van der Waals surface area contributed by atoms with Gasteiger partial charge in [0.2, 0.25) is 5.95 Å². The fourth-order valence-corrected chi connectivity index (χ4v) is 2.08. The van der Waals surface area contributed by atoms with E-state index in [9.17, 15) is 0 Å². The van der Waals surface area contributed by atoms with Crippen LogP contribution in [0.3, 0.4) is 0 Å². The molecule has 0 saturated heterocycles. The van der Waals surface area contributed by atoms with Crippen LogP contribution in [-0.2, 0) is 0 Å². The molecule has 0 unspecified atom stereocenters. The van der Waals surface area contributed by atoms with Crippen molar-refractivity contribution < 1.29 is 0 Å². The van der Waals surface area contributed by atoms with Crippen LogP contribution >= 0.6 is 0 Å². The van der Waals surface area contributed by atoms with Crippen molar-refractivity contribution in [2.24, 2.45) is 0 Å². The minimum absolute atomic E-state index is 0.0558. The molecule has 21 heavy (non-hydrogen) atoms. The van der Waals surface area contributed by atoms with Gasteiger partial charge in [-0.15, -0.1) is 0 Å². The molecule has 0 aliphatic rings. The van der Waals surface area contributed by atoms with Gasteiger partial charge < -0.3 is 17.2 Å². The fourth-order valence-electron chi connectivity index (χ4n) is 2.08. The van der Waals surface area contributed by atoms with E-state index in [0.29, 0.717) is 22.3 Å². The van der Waals surface area contributed by atoms with Gasteiger partial charge in [0, 0.05) is 0 Å². The molecule has 4 aromatic rings. The Morgan fingerprint density at radius 1 is 0.714 bits per heavy atom. The Morgan fingerprint density at radius 3 is 2.14 bits per heavy atom. The zero-order valence-corrected chi connectivity index (χ0v) is 10.5. The minimum atomic E-state index is 0.0558. The lowest BCUT2D eigenvalue weighted by Crippen LogP contribution is -2.10. The average Bonchev–Trinajstić information content (AvgIpc) is 3.03. The van der Waals surface area contributed by atoms with E-state index in [2.05, 4.69) is 29.9 Å². The summed E-state index contributed by atoms with van der Waals surface area (Å²) < 4.78 is 3.22. The molecule has 0 bridgehead atoms. The summed E-state index contributed by atoms with van der Waals surface area (Å²) in [5.41, 5.74) is 19.1. The van der Waals surface area contributed by atoms with Crippen molar-refractivity contribution in [3.63, 3.8) is 0 Å². The Bertz CT molecular complexity index is 981. The smallest absolute Gasteiger partial charge is 0.224 e. The van der Waals surface area contributed by atoms with E-state index in [1.165, 1.54) is 19.0 Å². The molecular weight excluding hydrogens is 274 g/mol. The summed E-state index contributed by atoms with van der Waals surface area (Å²) in [6.07, 6.45) is 4.41. The lowest BCUT2D eigenvalue weighted by atomic mass is 10.5. The second-order valence-corrected chi connectivity index (χ2v) is 4.25. The number of anilines is 3. The van der Waals surface area contributed by atoms with Crippen LogP contribution < -0.4 is 17.2 Å². The summed E-state index contributed by atoms with van der Waals surface area (Å²) in [4.78, 5) is 24.4. The van der Waals surface area contributed by atoms with Crippen LogP contribution in [-0.4, -0.2) is 39.3 Å². The standard InChI is InChI=1S/C10H9N11/c11-6-4-8(15-1-14-6)20(2-16-4)21-3-17-5-7(12)18-10(13)19-9(5)21/h1-3H,(H2,11,14,15)(H4,12,13,18,19). The van der Waals surface area contributed by atoms with Crippen LogP contribution in [0.15, 0.2) is 19.0 Å². The Labute approximate surface area is 116 Å². The van der Waals surface area contributed by atoms with E-state index in [-0.39, 0.29) is 17.6 Å². The van der Waals surface area contributed by atoms with Crippen molar-refractivity contribution in [2.45, 2.75) is 0 Å². The molecule has 0 aliphatic carbocycles. The predicted octanol–water partition coefficient (Wildman–Crippen LogP) is -0.976. The molecule has 0 spiro atoms. The molecule has 0 amide bonds. The molecule has 11 nitrogen and oxygen atoms in total. The van der Waals surface area contributed by atoms with Gasteiger partial charge in [-0.3, -0.25) is 0 Å². The second-order valence-electron chi connectivity index (χ2n) is 4.25. The third-order valence-corrected chi connectivity index (χ3v) is 3.00. The van der Waals surface area contributed by atoms with Crippen LogP contribution in [0.4, 0.5) is 17.6 Å². The summed E-state index contributed by atoms with van der Waals surface area (Å²) in [6, 6.07) is 0. The molecule has 0 radical (unpaired) electrons. The highest BCUT2D eigenvalue weighted by atomic mass is 15.5. The topological polar surface area (TPSA) is 165 Å². The maximum atomic E-state index is 5.78. The largest absolute Gasteiger partial charge is 0.382 e. The third-order valence-electron chi connectivity index (χ3n) is 3.00. The first-order chi connectivity index (χ1) is 10.1. The summed E-state index contributed by atoms with van der Waals surface area (Å²) in [5.74, 6) is 0.548. The van der Waals surface area contributed by atoms with E-state index in [1.54, 1.807) is 9.35 Å². The first-order valence-electron chi connectivity index (χ1n) is 5.85. The molecule has 104 valence electrons. The predicted molar refractivity (Wildman–Crippen MR) is 74.7 cm³/mol. The molecule has 0 saturated carbocycles. The summed E-state index contributed by atoms with van der Waals surface area (Å²) in [6.45, 7) is 0. The van der Waals surface area contributed by atoms with Crippen molar-refractivity contribution in [3.8, 4) is 0 Å². The first-order valence-corrected chi connectivity index (χ1v) is 5.85. The second kappa shape index (κ2) is 3.75. The van der Waals surface area contributed by atoms with Gasteiger partial charge in [-0.2, -0.15) is 9.97 Å². The van der Waals surface area contributed by atoms with Crippen molar-refractivity contribution >= 4 is 39.9 Å². The van der Waals surface area contributed by atoms with E-state index < -0.39 is 0 Å². The summed E-state index contributed by atoms with van der Waals surface area (Å²) >= 11 is 0. The van der Waals surface area contributed by atoms with Crippen LogP contribution in [0.5, 0.6) is 0 Å². The molecule has 11 heteroatoms. The van der Waals surface area contributed by atoms with Crippen LogP contribution in [0.25, 0.3) is 22.3 Å². The van der Waals surface area contributed by atoms with E-state index >= 15 is 0 Å². The van der Waals surface area contributed by atoms with Gasteiger partial charge >= 0.3 is 0 Å². The van der Waals surface area contributed by atoms with E-state index in [1.807, 2.05) is 0 Å². The zero-order valence-electron chi connectivity index (χ0n) is 10.5. The van der Waals surface area contributed by atoms with Gasteiger partial charge in [0.15, 0.2) is 34.0 Å². The van der Waals surface area contributed by atoms with Gasteiger partial charge in [-0.05, 0) is 0 Å². The van der Waals surface area contributed by atoms with Crippen molar-refractivity contribution in [3.05, 3.63) is 19.0 Å². The number of imidazole rings is 2. The van der Waals surface area contributed by atoms with Gasteiger partial charge in [-0.1, -0.05) is 0 Å². The summed E-state index contributed by atoms with van der Waals surface area (Å²) in [5, 5.41) is 0. The average molecular weight is 283 g/mol. The number of nitrogen functional groups attached to an aromatic ring is 3. The quantitative estimate of drug-likeness (QED) is 0.398. The lowest BCUT2D eigenvalue weighted by Gasteiger charge is -2.05. The third kappa shape index (κ3) is 1.47. The number of nitrogens with two attached hydrogens (primary N) is 3. The van der Waals surface area contributed by atoms with E-state index in [0.717, 1.165) is 0 Å². The Morgan fingerprint density at radius 2 is 1.38 bits per heavy atom. The van der Waals surface area contributed by atoms with Crippen LogP contribution in [0.2, 0.25) is 0 Å². The minimum Gasteiger partial charge on any atom is -0.382 e. The number of hydrogen-bond donors (Lipinski definition) is 3. The van der Waals surface area contributed by atoms with Crippen LogP contribution in [0, 0.1) is 0 Å². The van der Waals surface area contributed by atoms with Crippen molar-refractivity contribution in [1.82, 2.24) is 39.3 Å². The number of aromatic nitrogens is 8. The Hall–Kier alpha value is -3.50. The molecule has 0 atom stereocenters. The first kappa shape index (κ1) is 11.3. The lowest BCUT2D eigenvalue weighted by molar-refractivity contribution is 0.688. The van der Waals surface area contributed by atoms with Gasteiger partial charge in [0.05, 0.1) is 0 Å². The van der Waals surface area contributed by atoms with Crippen molar-refractivity contribution in [1.29, 1.82) is 0 Å². The zero-order chi connectivity index (χ0) is 14.6. The number of fused-ring (bicyclic) bond motifs is 2.